The number of hydrogen-bond donors (Lipinski definition) is 1. The smallest absolute Gasteiger partial charge is 0.454 e. The minimum Gasteiger partial charge on any atom is -0.454 e. The van der Waals surface area contributed by atoms with Gasteiger partial charge in [-0.2, -0.15) is 0 Å². The fourth-order valence-electron chi connectivity index (χ4n) is 4.00. The highest BCUT2D eigenvalue weighted by atomic mass is 32.2. The van der Waals surface area contributed by atoms with E-state index in [1.165, 1.54) is 40.9 Å². The maximum atomic E-state index is 13.4. The lowest BCUT2D eigenvalue weighted by Crippen LogP contribution is -2.47. The lowest BCUT2D eigenvalue weighted by molar-refractivity contribution is -0.274. The van der Waals surface area contributed by atoms with Crippen molar-refractivity contribution in [1.29, 1.82) is 0 Å². The number of rotatable bonds is 6. The van der Waals surface area contributed by atoms with Gasteiger partial charge in [0.25, 0.3) is 5.91 Å². The van der Waals surface area contributed by atoms with Crippen LogP contribution in [0.2, 0.25) is 0 Å². The van der Waals surface area contributed by atoms with Gasteiger partial charge < -0.3 is 19.7 Å². The standard InChI is InChI=1S/C22H18F4N2O5S/c23-14-3-1-13(2-4-14)21-10-9-19(30)28(21)17(12-34-21)20(31)32-11-18(29)27-15-5-7-16(8-6-15)33-22(24,25)26/h1-8,17H,9-12H2,(H,27,29)/t17-,21+/m1/s1. The van der Waals surface area contributed by atoms with Gasteiger partial charge in [-0.3, -0.25) is 9.59 Å². The molecule has 0 aliphatic carbocycles. The van der Waals surface area contributed by atoms with Crippen molar-refractivity contribution in [1.82, 2.24) is 4.90 Å². The highest BCUT2D eigenvalue weighted by Crippen LogP contribution is 2.54. The number of hydrogen-bond acceptors (Lipinski definition) is 6. The van der Waals surface area contributed by atoms with Gasteiger partial charge in [0.15, 0.2) is 6.61 Å². The van der Waals surface area contributed by atoms with Crippen molar-refractivity contribution in [3.05, 3.63) is 59.9 Å². The number of carbonyl (C=O) groups excluding carboxylic acids is 3. The first-order chi connectivity index (χ1) is 16.1. The summed E-state index contributed by atoms with van der Waals surface area (Å²) in [7, 11) is 0. The third-order valence-corrected chi connectivity index (χ3v) is 7.01. The van der Waals surface area contributed by atoms with E-state index in [4.69, 9.17) is 4.74 Å². The maximum absolute atomic E-state index is 13.4. The van der Waals surface area contributed by atoms with Crippen LogP contribution in [0.4, 0.5) is 23.2 Å². The number of benzene rings is 2. The Hall–Kier alpha value is -3.28. The fraction of sp³-hybridized carbons (Fsp3) is 0.318. The highest BCUT2D eigenvalue weighted by Gasteiger charge is 2.57. The third-order valence-electron chi connectivity index (χ3n) is 5.41. The number of fused-ring (bicyclic) bond motifs is 1. The van der Waals surface area contributed by atoms with E-state index in [1.54, 1.807) is 12.1 Å². The first-order valence-corrected chi connectivity index (χ1v) is 11.1. The number of thioether (sulfide) groups is 1. The number of alkyl halides is 3. The molecule has 0 bridgehead atoms. The van der Waals surface area contributed by atoms with Crippen LogP contribution in [0.5, 0.6) is 5.75 Å². The molecule has 7 nitrogen and oxygen atoms in total. The largest absolute Gasteiger partial charge is 0.573 e. The van der Waals surface area contributed by atoms with E-state index in [0.29, 0.717) is 12.0 Å². The van der Waals surface area contributed by atoms with Crippen LogP contribution in [-0.2, 0) is 24.0 Å². The summed E-state index contributed by atoms with van der Waals surface area (Å²) in [6.45, 7) is -0.646. The SMILES string of the molecule is O=C(COC(=O)[C@H]1CS[C@]2(c3ccc(F)cc3)CCC(=O)N12)Nc1ccc(OC(F)(F)F)cc1. The van der Waals surface area contributed by atoms with Crippen LogP contribution in [0.15, 0.2) is 48.5 Å². The molecule has 2 aliphatic heterocycles. The van der Waals surface area contributed by atoms with Gasteiger partial charge in [-0.05, 0) is 48.4 Å². The Kier molecular flexibility index (Phi) is 6.43. The fourth-order valence-corrected chi connectivity index (χ4v) is 5.63. The summed E-state index contributed by atoms with van der Waals surface area (Å²) < 4.78 is 58.9. The van der Waals surface area contributed by atoms with Gasteiger partial charge in [0.2, 0.25) is 5.91 Å². The van der Waals surface area contributed by atoms with Gasteiger partial charge in [-0.15, -0.1) is 24.9 Å². The highest BCUT2D eigenvalue weighted by molar-refractivity contribution is 8.00. The van der Waals surface area contributed by atoms with Gasteiger partial charge in [0.1, 0.15) is 22.5 Å². The molecule has 4 rings (SSSR count). The predicted molar refractivity (Wildman–Crippen MR) is 113 cm³/mol. The molecule has 2 saturated heterocycles. The lowest BCUT2D eigenvalue weighted by atomic mass is 10.0. The average molecular weight is 498 g/mol. The number of nitrogens with one attached hydrogen (secondary N) is 1. The first kappa shape index (κ1) is 23.9. The van der Waals surface area contributed by atoms with Crippen LogP contribution in [0.25, 0.3) is 0 Å². The van der Waals surface area contributed by atoms with Crippen molar-refractivity contribution in [3.63, 3.8) is 0 Å². The summed E-state index contributed by atoms with van der Waals surface area (Å²) in [5.74, 6) is -2.30. The van der Waals surface area contributed by atoms with Crippen molar-refractivity contribution in [2.24, 2.45) is 0 Å². The minimum atomic E-state index is -4.83. The molecule has 0 spiro atoms. The second-order valence-electron chi connectivity index (χ2n) is 7.61. The molecule has 34 heavy (non-hydrogen) atoms. The average Bonchev–Trinajstić information content (AvgIpc) is 3.32. The van der Waals surface area contributed by atoms with Crippen LogP contribution in [0.3, 0.4) is 0 Å². The van der Waals surface area contributed by atoms with Crippen molar-refractivity contribution < 1.29 is 41.4 Å². The Morgan fingerprint density at radius 2 is 1.79 bits per heavy atom. The zero-order chi connectivity index (χ0) is 24.5. The maximum Gasteiger partial charge on any atom is 0.573 e. The predicted octanol–water partition coefficient (Wildman–Crippen LogP) is 3.80. The van der Waals surface area contributed by atoms with E-state index < -0.39 is 47.3 Å². The second-order valence-corrected chi connectivity index (χ2v) is 8.91. The summed E-state index contributed by atoms with van der Waals surface area (Å²) in [4.78, 5) is 38.1. The Morgan fingerprint density at radius 3 is 2.44 bits per heavy atom. The molecule has 0 unspecified atom stereocenters. The summed E-state index contributed by atoms with van der Waals surface area (Å²) >= 11 is 1.39. The third kappa shape index (κ3) is 4.96. The van der Waals surface area contributed by atoms with Crippen LogP contribution in [0.1, 0.15) is 18.4 Å². The number of halogens is 4. The van der Waals surface area contributed by atoms with Gasteiger partial charge >= 0.3 is 12.3 Å². The monoisotopic (exact) mass is 498 g/mol. The molecule has 2 aromatic carbocycles. The molecule has 2 atom stereocenters. The number of esters is 1. The summed E-state index contributed by atoms with van der Waals surface area (Å²) in [5, 5.41) is 2.40. The lowest BCUT2D eigenvalue weighted by Gasteiger charge is -2.33. The normalized spacial score (nSPS) is 21.8. The number of carbonyl (C=O) groups is 3. The summed E-state index contributed by atoms with van der Waals surface area (Å²) in [6, 6.07) is 9.31. The number of anilines is 1. The Morgan fingerprint density at radius 1 is 1.12 bits per heavy atom. The Balaban J connectivity index is 1.35. The summed E-state index contributed by atoms with van der Waals surface area (Å²) in [6.07, 6.45) is -4.15. The van der Waals surface area contributed by atoms with E-state index in [0.717, 1.165) is 12.1 Å². The van der Waals surface area contributed by atoms with Crippen LogP contribution < -0.4 is 10.1 Å². The van der Waals surface area contributed by atoms with Crippen molar-refractivity contribution in [2.75, 3.05) is 17.7 Å². The van der Waals surface area contributed by atoms with E-state index in [-0.39, 0.29) is 23.8 Å². The van der Waals surface area contributed by atoms with Gasteiger partial charge in [0.05, 0.1) is 0 Å². The molecule has 12 heteroatoms. The zero-order valence-corrected chi connectivity index (χ0v) is 18.2. The molecule has 0 aromatic heterocycles. The van der Waals surface area contributed by atoms with Gasteiger partial charge in [0, 0.05) is 17.9 Å². The summed E-state index contributed by atoms with van der Waals surface area (Å²) in [5.41, 5.74) is 0.882. The molecule has 1 N–H and O–H groups in total. The van der Waals surface area contributed by atoms with Gasteiger partial charge in [-0.1, -0.05) is 12.1 Å². The van der Waals surface area contributed by atoms with Crippen molar-refractivity contribution in [3.8, 4) is 5.75 Å². The van der Waals surface area contributed by atoms with E-state index in [1.807, 2.05) is 0 Å². The van der Waals surface area contributed by atoms with Crippen LogP contribution >= 0.6 is 11.8 Å². The zero-order valence-electron chi connectivity index (χ0n) is 17.4. The minimum absolute atomic E-state index is 0.178. The Labute approximate surface area is 195 Å². The van der Waals surface area contributed by atoms with Crippen LogP contribution in [0, 0.1) is 5.82 Å². The Bertz CT molecular complexity index is 1090. The molecular weight excluding hydrogens is 480 g/mol. The molecule has 180 valence electrons. The second kappa shape index (κ2) is 9.16. The molecule has 2 amide bonds. The van der Waals surface area contributed by atoms with Crippen molar-refractivity contribution >= 4 is 35.2 Å². The molecular formula is C22H18F4N2O5S. The molecule has 0 radical (unpaired) electrons. The quantitative estimate of drug-likeness (QED) is 0.482. The molecule has 2 aromatic rings. The molecule has 2 heterocycles. The van der Waals surface area contributed by atoms with Gasteiger partial charge in [-0.25, -0.2) is 9.18 Å². The van der Waals surface area contributed by atoms with E-state index in [2.05, 4.69) is 10.1 Å². The van der Waals surface area contributed by atoms with Crippen LogP contribution in [-0.4, -0.2) is 47.4 Å². The number of amides is 2. The number of nitrogens with zero attached hydrogens (tertiary/aromatic N) is 1. The number of ether oxygens (including phenoxy) is 2. The van der Waals surface area contributed by atoms with Crippen molar-refractivity contribution in [2.45, 2.75) is 30.1 Å². The molecule has 2 fully saturated rings. The molecule has 2 aliphatic rings. The van der Waals surface area contributed by atoms with E-state index in [9.17, 15) is 31.9 Å². The molecule has 0 saturated carbocycles. The first-order valence-electron chi connectivity index (χ1n) is 10.1. The topological polar surface area (TPSA) is 84.9 Å². The van der Waals surface area contributed by atoms with E-state index >= 15 is 0 Å².